The number of hydrogen-bond acceptors (Lipinski definition) is 4. The van der Waals surface area contributed by atoms with Crippen LogP contribution < -0.4 is 5.30 Å². The second kappa shape index (κ2) is 11.3. The summed E-state index contributed by atoms with van der Waals surface area (Å²) in [4.78, 5) is 34.8. The Morgan fingerprint density at radius 1 is 0.800 bits per heavy atom. The van der Waals surface area contributed by atoms with Crippen molar-refractivity contribution in [1.29, 1.82) is 0 Å². The number of aliphatic hydroxyl groups is 1. The summed E-state index contributed by atoms with van der Waals surface area (Å²) in [7, 11) is -4.07. The number of rotatable bonds is 5. The highest BCUT2D eigenvalue weighted by Crippen LogP contribution is 2.44. The third kappa shape index (κ3) is 6.24. The van der Waals surface area contributed by atoms with Crippen LogP contribution in [0.5, 0.6) is 0 Å². The molecule has 1 aliphatic rings. The predicted molar refractivity (Wildman–Crippen MR) is 140 cm³/mol. The third-order valence-electron chi connectivity index (χ3n) is 6.41. The van der Waals surface area contributed by atoms with Crippen molar-refractivity contribution < 1.29 is 24.2 Å². The van der Waals surface area contributed by atoms with Gasteiger partial charge in [-0.15, -0.1) is 0 Å². The minimum absolute atomic E-state index is 0.109. The van der Waals surface area contributed by atoms with Gasteiger partial charge < -0.3 is 10.00 Å². The van der Waals surface area contributed by atoms with Gasteiger partial charge in [-0.3, -0.25) is 14.2 Å². The van der Waals surface area contributed by atoms with Gasteiger partial charge in [0.2, 0.25) is 0 Å². The van der Waals surface area contributed by atoms with E-state index >= 15 is 0 Å². The molecule has 0 heterocycles. The van der Waals surface area contributed by atoms with Crippen LogP contribution in [0.1, 0.15) is 69.5 Å². The minimum atomic E-state index is -4.07. The lowest BCUT2D eigenvalue weighted by molar-refractivity contribution is 0.0116. The van der Waals surface area contributed by atoms with E-state index in [1.807, 2.05) is 37.3 Å². The molecule has 3 aromatic carbocycles. The van der Waals surface area contributed by atoms with E-state index < -0.39 is 18.5 Å². The molecule has 0 aliphatic heterocycles. The van der Waals surface area contributed by atoms with Gasteiger partial charge in [0.15, 0.2) is 5.78 Å². The van der Waals surface area contributed by atoms with Gasteiger partial charge in [-0.25, -0.2) is 0 Å². The van der Waals surface area contributed by atoms with Gasteiger partial charge in [0.1, 0.15) is 5.60 Å². The number of benzene rings is 3. The Bertz CT molecular complexity index is 1210. The van der Waals surface area contributed by atoms with Crippen molar-refractivity contribution in [2.45, 2.75) is 58.5 Å². The smallest absolute Gasteiger partial charge is 0.298 e. The van der Waals surface area contributed by atoms with Crippen molar-refractivity contribution in [3.05, 3.63) is 101 Å². The average Bonchev–Trinajstić information content (AvgIpc) is 2.85. The first-order chi connectivity index (χ1) is 16.6. The van der Waals surface area contributed by atoms with E-state index in [0.717, 1.165) is 36.0 Å². The lowest BCUT2D eigenvalue weighted by Gasteiger charge is -2.30. The Hall–Kier alpha value is -2.85. The molecular weight excluding hydrogens is 459 g/mol. The zero-order valence-corrected chi connectivity index (χ0v) is 21.4. The Morgan fingerprint density at radius 3 is 1.80 bits per heavy atom. The van der Waals surface area contributed by atoms with Crippen LogP contribution in [-0.4, -0.2) is 26.9 Å². The topological polar surface area (TPSA) is 91.7 Å². The van der Waals surface area contributed by atoms with Crippen molar-refractivity contribution in [1.82, 2.24) is 0 Å². The van der Waals surface area contributed by atoms with E-state index in [1.165, 1.54) is 12.1 Å². The molecule has 0 spiro atoms. The van der Waals surface area contributed by atoms with E-state index in [0.29, 0.717) is 24.0 Å². The molecule has 1 saturated carbocycles. The second-order valence-electron chi connectivity index (χ2n) is 9.28. The summed E-state index contributed by atoms with van der Waals surface area (Å²) in [5.41, 5.74) is 1.69. The summed E-state index contributed by atoms with van der Waals surface area (Å²) < 4.78 is 12.5. The third-order valence-corrected chi connectivity index (χ3v) is 8.18. The van der Waals surface area contributed by atoms with E-state index in [-0.39, 0.29) is 11.1 Å². The molecule has 0 bridgehead atoms. The van der Waals surface area contributed by atoms with Crippen LogP contribution in [-0.2, 0) is 4.57 Å². The molecule has 4 rings (SSSR count). The summed E-state index contributed by atoms with van der Waals surface area (Å²) in [5, 5.41) is 10.4. The van der Waals surface area contributed by atoms with Crippen molar-refractivity contribution in [3.63, 3.8) is 0 Å². The molecule has 3 aromatic rings. The molecule has 184 valence electrons. The quantitative estimate of drug-likeness (QED) is 0.341. The highest BCUT2D eigenvalue weighted by Gasteiger charge is 2.37. The van der Waals surface area contributed by atoms with Gasteiger partial charge in [-0.05, 0) is 56.9 Å². The molecule has 1 aliphatic carbocycles. The summed E-state index contributed by atoms with van der Waals surface area (Å²) in [5.74, 6) is -0.109. The molecule has 1 atom stereocenters. The number of ketones is 1. The van der Waals surface area contributed by atoms with Crippen molar-refractivity contribution in [3.8, 4) is 0 Å². The van der Waals surface area contributed by atoms with Crippen molar-refractivity contribution >= 4 is 24.0 Å². The number of aryl methyl sites for hydroxylation is 3. The number of Topliss-reactive ketones (excluding diaryl/α,β-unsaturated/α-hetero) is 1. The maximum atomic E-state index is 12.5. The molecule has 2 N–H and O–H groups in total. The average molecular weight is 493 g/mol. The van der Waals surface area contributed by atoms with Gasteiger partial charge in [-0.1, -0.05) is 85.5 Å². The Morgan fingerprint density at radius 2 is 1.29 bits per heavy atom. The van der Waals surface area contributed by atoms with Crippen LogP contribution in [0.25, 0.3) is 0 Å². The Labute approximate surface area is 207 Å². The van der Waals surface area contributed by atoms with Gasteiger partial charge in [0.05, 0.1) is 0 Å². The zero-order chi connectivity index (χ0) is 25.6. The Kier molecular flexibility index (Phi) is 8.60. The normalized spacial score (nSPS) is 16.4. The molecule has 0 radical (unpaired) electrons. The van der Waals surface area contributed by atoms with Crippen molar-refractivity contribution in [2.75, 3.05) is 0 Å². The van der Waals surface area contributed by atoms with Gasteiger partial charge in [0.25, 0.3) is 12.9 Å². The van der Waals surface area contributed by atoms with Crippen LogP contribution in [0.3, 0.4) is 0 Å². The molecule has 6 heteroatoms. The molecular formula is C29H33O5P. The Balaban J connectivity index is 0.000000203. The second-order valence-corrected chi connectivity index (χ2v) is 11.4. The summed E-state index contributed by atoms with van der Waals surface area (Å²) >= 11 is 0. The molecule has 1 unspecified atom stereocenters. The summed E-state index contributed by atoms with van der Waals surface area (Å²) in [6, 6.07) is 20.9. The van der Waals surface area contributed by atoms with E-state index in [4.69, 9.17) is 0 Å². The van der Waals surface area contributed by atoms with Gasteiger partial charge in [0, 0.05) is 16.4 Å². The monoisotopic (exact) mass is 492 g/mol. The van der Waals surface area contributed by atoms with Crippen LogP contribution in [0.15, 0.2) is 72.8 Å². The SMILES string of the molecule is Cc1cc(C)c(C(=O)P(=O)(O)c2ccccc2)c(C)c1.O=C(c1ccccc1)C1(O)CCCCC1. The molecule has 1 fully saturated rings. The van der Waals surface area contributed by atoms with Crippen LogP contribution in [0.4, 0.5) is 0 Å². The standard InChI is InChI=1S/C16H17O3P.C13H16O2/c1-11-9-12(2)15(13(3)10-11)16(17)20(18,19)14-7-5-4-6-8-14;14-12(11-7-3-1-4-8-11)13(15)9-5-2-6-10-13/h4-10H,1-3H3,(H,18,19);1,3-4,7-8,15H,2,5-6,9-10H2. The van der Waals surface area contributed by atoms with Crippen LogP contribution >= 0.6 is 7.37 Å². The lowest BCUT2D eigenvalue weighted by atomic mass is 9.79. The first-order valence-corrected chi connectivity index (χ1v) is 13.6. The van der Waals surface area contributed by atoms with E-state index in [9.17, 15) is 24.2 Å². The summed E-state index contributed by atoms with van der Waals surface area (Å²) in [6.07, 6.45) is 4.26. The highest BCUT2D eigenvalue weighted by atomic mass is 31.2. The number of carbonyl (C=O) groups excluding carboxylic acids is 2. The minimum Gasteiger partial charge on any atom is -0.382 e. The zero-order valence-electron chi connectivity index (χ0n) is 20.5. The number of hydrogen-bond donors (Lipinski definition) is 2. The van der Waals surface area contributed by atoms with Crippen LogP contribution in [0, 0.1) is 20.8 Å². The lowest BCUT2D eigenvalue weighted by Crippen LogP contribution is -2.40. The molecule has 35 heavy (non-hydrogen) atoms. The van der Waals surface area contributed by atoms with Crippen molar-refractivity contribution in [2.24, 2.45) is 0 Å². The molecule has 5 nitrogen and oxygen atoms in total. The fraction of sp³-hybridized carbons (Fsp3) is 0.310. The first-order valence-electron chi connectivity index (χ1n) is 11.9. The van der Waals surface area contributed by atoms with E-state index in [1.54, 1.807) is 44.2 Å². The maximum absolute atomic E-state index is 12.5. The fourth-order valence-corrected chi connectivity index (χ4v) is 6.10. The van der Waals surface area contributed by atoms with Crippen LogP contribution in [0.2, 0.25) is 0 Å². The maximum Gasteiger partial charge on any atom is 0.298 e. The fourth-order valence-electron chi connectivity index (χ4n) is 4.64. The molecule has 0 amide bonds. The first kappa shape index (κ1) is 26.7. The molecule has 0 aromatic heterocycles. The van der Waals surface area contributed by atoms with Gasteiger partial charge >= 0.3 is 0 Å². The number of carbonyl (C=O) groups is 2. The predicted octanol–water partition coefficient (Wildman–Crippen LogP) is 5.91. The highest BCUT2D eigenvalue weighted by molar-refractivity contribution is 7.82. The molecule has 0 saturated heterocycles. The largest absolute Gasteiger partial charge is 0.382 e. The van der Waals surface area contributed by atoms with Gasteiger partial charge in [-0.2, -0.15) is 0 Å². The summed E-state index contributed by atoms with van der Waals surface area (Å²) in [6.45, 7) is 5.51. The van der Waals surface area contributed by atoms with E-state index in [2.05, 4.69) is 0 Å².